The molecule has 0 amide bonds. The molecule has 0 bridgehead atoms. The molecule has 2 aromatic rings. The second kappa shape index (κ2) is 6.19. The summed E-state index contributed by atoms with van der Waals surface area (Å²) in [6, 6.07) is 13.0. The molecule has 1 N–H and O–H groups in total. The molecule has 2 rings (SSSR count). The molecule has 0 aliphatic heterocycles. The van der Waals surface area contributed by atoms with E-state index >= 15 is 0 Å². The van der Waals surface area contributed by atoms with Gasteiger partial charge >= 0.3 is 5.97 Å². The summed E-state index contributed by atoms with van der Waals surface area (Å²) < 4.78 is 0. The Morgan fingerprint density at radius 1 is 1.24 bits per heavy atom. The van der Waals surface area contributed by atoms with Crippen LogP contribution in [0.2, 0.25) is 5.02 Å². The summed E-state index contributed by atoms with van der Waals surface area (Å²) in [6.07, 6.45) is 0. The van der Waals surface area contributed by atoms with Gasteiger partial charge in [-0.25, -0.2) is 4.79 Å². The maximum atomic E-state index is 11.5. The van der Waals surface area contributed by atoms with E-state index in [9.17, 15) is 9.90 Å². The van der Waals surface area contributed by atoms with Gasteiger partial charge in [0.15, 0.2) is 0 Å². The zero-order chi connectivity index (χ0) is 15.6. The Bertz CT molecular complexity index is 670. The van der Waals surface area contributed by atoms with Gasteiger partial charge in [-0.3, -0.25) is 0 Å². The monoisotopic (exact) mass is 303 g/mol. The van der Waals surface area contributed by atoms with Gasteiger partial charge in [0, 0.05) is 12.1 Å². The van der Waals surface area contributed by atoms with E-state index in [1.165, 1.54) is 0 Å². The Labute approximate surface area is 129 Å². The van der Waals surface area contributed by atoms with Crippen molar-refractivity contribution in [1.29, 1.82) is 0 Å². The molecule has 3 nitrogen and oxygen atoms in total. The van der Waals surface area contributed by atoms with Crippen LogP contribution in [0.25, 0.3) is 0 Å². The molecule has 0 spiro atoms. The standard InChI is InChI=1S/C17H18ClNO2/c1-11-8-9-16(14(10-11)17(20)21)19(3)12(2)13-6-4-5-7-15(13)18/h4-10,12H,1-3H3,(H,20,21). The predicted molar refractivity (Wildman–Crippen MR) is 86.4 cm³/mol. The van der Waals surface area contributed by atoms with Crippen LogP contribution in [0.3, 0.4) is 0 Å². The molecule has 4 heteroatoms. The van der Waals surface area contributed by atoms with E-state index in [1.807, 2.05) is 62.2 Å². The molecular formula is C17H18ClNO2. The van der Waals surface area contributed by atoms with Crippen LogP contribution in [0.1, 0.15) is 34.5 Å². The largest absolute Gasteiger partial charge is 0.478 e. The van der Waals surface area contributed by atoms with Crippen molar-refractivity contribution in [2.75, 3.05) is 11.9 Å². The third-order valence-corrected chi connectivity index (χ3v) is 4.04. The molecule has 0 fully saturated rings. The van der Waals surface area contributed by atoms with Crippen molar-refractivity contribution in [3.63, 3.8) is 0 Å². The molecule has 0 radical (unpaired) electrons. The van der Waals surface area contributed by atoms with Gasteiger partial charge in [-0.2, -0.15) is 0 Å². The molecule has 1 unspecified atom stereocenters. The summed E-state index contributed by atoms with van der Waals surface area (Å²) in [5.41, 5.74) is 2.88. The van der Waals surface area contributed by atoms with E-state index in [-0.39, 0.29) is 6.04 Å². The number of carboxylic acids is 1. The van der Waals surface area contributed by atoms with Gasteiger partial charge in [-0.1, -0.05) is 41.4 Å². The number of halogens is 1. The molecule has 0 aromatic heterocycles. The van der Waals surface area contributed by atoms with Crippen molar-refractivity contribution in [3.8, 4) is 0 Å². The number of hydrogen-bond acceptors (Lipinski definition) is 2. The highest BCUT2D eigenvalue weighted by Gasteiger charge is 2.20. The maximum absolute atomic E-state index is 11.5. The van der Waals surface area contributed by atoms with Crippen LogP contribution < -0.4 is 4.90 Å². The number of hydrogen-bond donors (Lipinski definition) is 1. The molecule has 0 saturated heterocycles. The second-order valence-corrected chi connectivity index (χ2v) is 5.54. The topological polar surface area (TPSA) is 40.5 Å². The van der Waals surface area contributed by atoms with Crippen molar-refractivity contribution in [3.05, 3.63) is 64.2 Å². The first-order valence-electron chi connectivity index (χ1n) is 6.73. The van der Waals surface area contributed by atoms with Crippen LogP contribution in [0.5, 0.6) is 0 Å². The molecule has 2 aromatic carbocycles. The van der Waals surface area contributed by atoms with Crippen LogP contribution in [0.4, 0.5) is 5.69 Å². The van der Waals surface area contributed by atoms with Crippen molar-refractivity contribution < 1.29 is 9.90 Å². The Kier molecular flexibility index (Phi) is 4.53. The van der Waals surface area contributed by atoms with E-state index in [1.54, 1.807) is 6.07 Å². The Hall–Kier alpha value is -2.00. The van der Waals surface area contributed by atoms with Crippen molar-refractivity contribution in [2.24, 2.45) is 0 Å². The predicted octanol–water partition coefficient (Wildman–Crippen LogP) is 4.54. The minimum atomic E-state index is -0.924. The van der Waals surface area contributed by atoms with E-state index in [4.69, 9.17) is 11.6 Å². The van der Waals surface area contributed by atoms with Crippen LogP contribution >= 0.6 is 11.6 Å². The smallest absolute Gasteiger partial charge is 0.337 e. The lowest BCUT2D eigenvalue weighted by molar-refractivity contribution is 0.0697. The van der Waals surface area contributed by atoms with Gasteiger partial charge < -0.3 is 10.0 Å². The van der Waals surface area contributed by atoms with Gasteiger partial charge in [-0.15, -0.1) is 0 Å². The fraction of sp³-hybridized carbons (Fsp3) is 0.235. The second-order valence-electron chi connectivity index (χ2n) is 5.13. The Morgan fingerprint density at radius 3 is 2.52 bits per heavy atom. The first-order valence-corrected chi connectivity index (χ1v) is 7.11. The van der Waals surface area contributed by atoms with Gasteiger partial charge in [0.25, 0.3) is 0 Å². The number of rotatable bonds is 4. The lowest BCUT2D eigenvalue weighted by Gasteiger charge is -2.29. The van der Waals surface area contributed by atoms with E-state index in [2.05, 4.69) is 0 Å². The molecule has 0 heterocycles. The number of anilines is 1. The number of benzene rings is 2. The first kappa shape index (κ1) is 15.4. The average molecular weight is 304 g/mol. The minimum Gasteiger partial charge on any atom is -0.478 e. The highest BCUT2D eigenvalue weighted by atomic mass is 35.5. The minimum absolute atomic E-state index is 0.0282. The molecule has 110 valence electrons. The summed E-state index contributed by atoms with van der Waals surface area (Å²) in [7, 11) is 1.88. The van der Waals surface area contributed by atoms with Crippen LogP contribution in [-0.4, -0.2) is 18.1 Å². The first-order chi connectivity index (χ1) is 9.91. The van der Waals surface area contributed by atoms with Crippen LogP contribution in [-0.2, 0) is 0 Å². The number of aryl methyl sites for hydroxylation is 1. The van der Waals surface area contributed by atoms with Crippen LogP contribution in [0, 0.1) is 6.92 Å². The number of nitrogens with zero attached hydrogens (tertiary/aromatic N) is 1. The fourth-order valence-electron chi connectivity index (χ4n) is 2.36. The summed E-state index contributed by atoms with van der Waals surface area (Å²) in [4.78, 5) is 13.4. The molecule has 21 heavy (non-hydrogen) atoms. The fourth-order valence-corrected chi connectivity index (χ4v) is 2.65. The number of aromatic carboxylic acids is 1. The lowest BCUT2D eigenvalue weighted by Crippen LogP contribution is -2.24. The van der Waals surface area contributed by atoms with Crippen LogP contribution in [0.15, 0.2) is 42.5 Å². The quantitative estimate of drug-likeness (QED) is 0.901. The Balaban J connectivity index is 2.43. The van der Waals surface area contributed by atoms with E-state index in [0.717, 1.165) is 11.1 Å². The van der Waals surface area contributed by atoms with Gasteiger partial charge in [0.05, 0.1) is 17.3 Å². The highest BCUT2D eigenvalue weighted by molar-refractivity contribution is 6.31. The zero-order valence-corrected chi connectivity index (χ0v) is 13.1. The van der Waals surface area contributed by atoms with Gasteiger partial charge in [-0.05, 0) is 37.6 Å². The molecule has 0 saturated carbocycles. The third-order valence-electron chi connectivity index (χ3n) is 3.70. The van der Waals surface area contributed by atoms with E-state index in [0.29, 0.717) is 16.3 Å². The van der Waals surface area contributed by atoms with Crippen molar-refractivity contribution in [1.82, 2.24) is 0 Å². The summed E-state index contributed by atoms with van der Waals surface area (Å²) >= 11 is 6.24. The third kappa shape index (κ3) is 3.19. The highest BCUT2D eigenvalue weighted by Crippen LogP contribution is 2.32. The van der Waals surface area contributed by atoms with Crippen molar-refractivity contribution in [2.45, 2.75) is 19.9 Å². The van der Waals surface area contributed by atoms with Crippen molar-refractivity contribution >= 4 is 23.3 Å². The Morgan fingerprint density at radius 2 is 1.90 bits per heavy atom. The SMILES string of the molecule is Cc1ccc(N(C)C(C)c2ccccc2Cl)c(C(=O)O)c1. The molecular weight excluding hydrogens is 286 g/mol. The van der Waals surface area contributed by atoms with E-state index < -0.39 is 5.97 Å². The molecule has 0 aliphatic rings. The number of carboxylic acid groups (broad SMARTS) is 1. The maximum Gasteiger partial charge on any atom is 0.337 e. The number of carbonyl (C=O) groups is 1. The lowest BCUT2D eigenvalue weighted by atomic mass is 10.0. The van der Waals surface area contributed by atoms with Gasteiger partial charge in [0.1, 0.15) is 0 Å². The summed E-state index contributed by atoms with van der Waals surface area (Å²) in [6.45, 7) is 3.89. The van der Waals surface area contributed by atoms with Gasteiger partial charge in [0.2, 0.25) is 0 Å². The summed E-state index contributed by atoms with van der Waals surface area (Å²) in [5, 5.41) is 10.1. The average Bonchev–Trinajstić information content (AvgIpc) is 2.46. The molecule has 0 aliphatic carbocycles. The zero-order valence-electron chi connectivity index (χ0n) is 12.3. The molecule has 1 atom stereocenters. The summed E-state index contributed by atoms with van der Waals surface area (Å²) in [5.74, 6) is -0.924. The normalized spacial score (nSPS) is 12.0.